The van der Waals surface area contributed by atoms with Crippen LogP contribution in [0.4, 0.5) is 0 Å². The Labute approximate surface area is 160 Å². The third kappa shape index (κ3) is 4.51. The van der Waals surface area contributed by atoms with Gasteiger partial charge < -0.3 is 10.1 Å². The molecule has 6 nitrogen and oxygen atoms in total. The highest BCUT2D eigenvalue weighted by Gasteiger charge is 2.08. The van der Waals surface area contributed by atoms with Crippen LogP contribution in [0.1, 0.15) is 17.0 Å². The van der Waals surface area contributed by atoms with Gasteiger partial charge in [0.15, 0.2) is 4.96 Å². The predicted molar refractivity (Wildman–Crippen MR) is 104 cm³/mol. The summed E-state index contributed by atoms with van der Waals surface area (Å²) in [5, 5.41) is 4.90. The van der Waals surface area contributed by atoms with Gasteiger partial charge in [0.1, 0.15) is 12.4 Å². The average Bonchev–Trinajstić information content (AvgIpc) is 3.28. The lowest BCUT2D eigenvalue weighted by Crippen LogP contribution is -2.24. The van der Waals surface area contributed by atoms with Crippen molar-refractivity contribution in [2.75, 3.05) is 0 Å². The largest absolute Gasteiger partial charge is 0.487 e. The van der Waals surface area contributed by atoms with E-state index < -0.39 is 0 Å². The topological polar surface area (TPSA) is 68.5 Å². The average molecular weight is 378 g/mol. The molecule has 0 fully saturated rings. The molecule has 0 spiro atoms. The first-order valence-corrected chi connectivity index (χ1v) is 9.44. The number of rotatable bonds is 7. The van der Waals surface area contributed by atoms with Gasteiger partial charge in [0.2, 0.25) is 5.91 Å². The Bertz CT molecular complexity index is 1010. The Morgan fingerprint density at radius 3 is 3.00 bits per heavy atom. The molecule has 0 aliphatic heterocycles. The van der Waals surface area contributed by atoms with E-state index in [4.69, 9.17) is 4.74 Å². The lowest BCUT2D eigenvalue weighted by Gasteiger charge is -2.08. The van der Waals surface area contributed by atoms with Crippen LogP contribution in [0.3, 0.4) is 0 Å². The first-order chi connectivity index (χ1) is 13.3. The number of imidazole rings is 1. The number of nitrogens with one attached hydrogen (secondary N) is 1. The van der Waals surface area contributed by atoms with Crippen LogP contribution in [0.15, 0.2) is 66.4 Å². The van der Waals surface area contributed by atoms with Crippen LogP contribution in [0.5, 0.6) is 5.75 Å². The number of benzene rings is 1. The summed E-state index contributed by atoms with van der Waals surface area (Å²) < 4.78 is 7.70. The smallest absolute Gasteiger partial charge is 0.226 e. The zero-order valence-corrected chi connectivity index (χ0v) is 15.4. The molecule has 0 bridgehead atoms. The Hall–Kier alpha value is -3.19. The fourth-order valence-electron chi connectivity index (χ4n) is 2.67. The monoisotopic (exact) mass is 378 g/mol. The van der Waals surface area contributed by atoms with Crippen LogP contribution in [0.25, 0.3) is 4.96 Å². The molecule has 7 heteroatoms. The number of nitrogens with zero attached hydrogens (tertiary/aromatic N) is 3. The van der Waals surface area contributed by atoms with Gasteiger partial charge in [-0.15, -0.1) is 11.3 Å². The lowest BCUT2D eigenvalue weighted by molar-refractivity contribution is -0.120. The number of amides is 1. The highest BCUT2D eigenvalue weighted by molar-refractivity contribution is 7.15. The van der Waals surface area contributed by atoms with Crippen molar-refractivity contribution >= 4 is 22.2 Å². The van der Waals surface area contributed by atoms with E-state index in [1.807, 2.05) is 64.6 Å². The molecule has 27 heavy (non-hydrogen) atoms. The van der Waals surface area contributed by atoms with Crippen molar-refractivity contribution in [2.45, 2.75) is 19.6 Å². The number of hydrogen-bond acceptors (Lipinski definition) is 5. The van der Waals surface area contributed by atoms with E-state index in [0.717, 1.165) is 27.7 Å². The quantitative estimate of drug-likeness (QED) is 0.536. The number of carbonyl (C=O) groups is 1. The fourth-order valence-corrected chi connectivity index (χ4v) is 3.39. The maximum Gasteiger partial charge on any atom is 0.226 e. The highest BCUT2D eigenvalue weighted by Crippen LogP contribution is 2.15. The highest BCUT2D eigenvalue weighted by atomic mass is 32.1. The van der Waals surface area contributed by atoms with Crippen LogP contribution < -0.4 is 10.1 Å². The molecule has 0 aliphatic carbocycles. The molecule has 136 valence electrons. The zero-order chi connectivity index (χ0) is 18.5. The van der Waals surface area contributed by atoms with Crippen LogP contribution in [-0.4, -0.2) is 20.3 Å². The minimum atomic E-state index is -0.0550. The second kappa shape index (κ2) is 8.01. The summed E-state index contributed by atoms with van der Waals surface area (Å²) in [6.07, 6.45) is 5.83. The van der Waals surface area contributed by atoms with Gasteiger partial charge in [-0.3, -0.25) is 14.2 Å². The van der Waals surface area contributed by atoms with Gasteiger partial charge in [0.05, 0.1) is 17.8 Å². The Morgan fingerprint density at radius 1 is 1.19 bits per heavy atom. The molecule has 1 amide bonds. The summed E-state index contributed by atoms with van der Waals surface area (Å²) in [6, 6.07) is 13.4. The minimum Gasteiger partial charge on any atom is -0.487 e. The SMILES string of the molecule is O=C(Cc1cn2ccsc2n1)NCc1cccc(OCc2ccccn2)c1. The van der Waals surface area contributed by atoms with Crippen molar-refractivity contribution in [3.05, 3.63) is 83.4 Å². The van der Waals surface area contributed by atoms with Crippen LogP contribution in [0, 0.1) is 0 Å². The standard InChI is InChI=1S/C20H18N4O2S/c25-19(11-17-13-24-8-9-27-20(24)23-17)22-12-15-4-3-6-18(10-15)26-14-16-5-1-2-7-21-16/h1-10,13H,11-12,14H2,(H,22,25). The Kier molecular flexibility index (Phi) is 5.11. The van der Waals surface area contributed by atoms with Gasteiger partial charge in [-0.25, -0.2) is 4.98 Å². The van der Waals surface area contributed by atoms with Crippen molar-refractivity contribution in [3.63, 3.8) is 0 Å². The summed E-state index contributed by atoms with van der Waals surface area (Å²) >= 11 is 1.55. The van der Waals surface area contributed by atoms with Crippen LogP contribution in [0.2, 0.25) is 0 Å². The van der Waals surface area contributed by atoms with Gasteiger partial charge in [-0.05, 0) is 29.8 Å². The van der Waals surface area contributed by atoms with E-state index in [9.17, 15) is 4.79 Å². The number of thiazole rings is 1. The number of carbonyl (C=O) groups excluding carboxylic acids is 1. The van der Waals surface area contributed by atoms with Gasteiger partial charge in [0, 0.05) is 30.5 Å². The second-order valence-corrected chi connectivity index (χ2v) is 6.91. The summed E-state index contributed by atoms with van der Waals surface area (Å²) in [5.74, 6) is 0.697. The van der Waals surface area contributed by atoms with Crippen molar-refractivity contribution < 1.29 is 9.53 Å². The number of ether oxygens (including phenoxy) is 1. The second-order valence-electron chi connectivity index (χ2n) is 6.04. The van der Waals surface area contributed by atoms with Crippen LogP contribution >= 0.6 is 11.3 Å². The van der Waals surface area contributed by atoms with E-state index in [1.54, 1.807) is 17.5 Å². The zero-order valence-electron chi connectivity index (χ0n) is 14.5. The first kappa shape index (κ1) is 17.2. The molecule has 1 N–H and O–H groups in total. The molecule has 0 saturated heterocycles. The van der Waals surface area contributed by atoms with E-state index >= 15 is 0 Å². The summed E-state index contributed by atoms with van der Waals surface area (Å²) in [7, 11) is 0. The molecule has 0 radical (unpaired) electrons. The Balaban J connectivity index is 1.30. The van der Waals surface area contributed by atoms with Gasteiger partial charge in [-0.1, -0.05) is 18.2 Å². The molecular formula is C20H18N4O2S. The Morgan fingerprint density at radius 2 is 2.15 bits per heavy atom. The normalized spacial score (nSPS) is 10.8. The van der Waals surface area contributed by atoms with Crippen molar-refractivity contribution in [3.8, 4) is 5.75 Å². The molecule has 0 atom stereocenters. The van der Waals surface area contributed by atoms with E-state index in [2.05, 4.69) is 15.3 Å². The maximum atomic E-state index is 12.2. The minimum absolute atomic E-state index is 0.0550. The van der Waals surface area contributed by atoms with Gasteiger partial charge in [-0.2, -0.15) is 0 Å². The molecule has 4 aromatic rings. The van der Waals surface area contributed by atoms with Gasteiger partial charge in [0.25, 0.3) is 0 Å². The molecule has 0 aliphatic rings. The van der Waals surface area contributed by atoms with Crippen molar-refractivity contribution in [2.24, 2.45) is 0 Å². The number of pyridine rings is 1. The van der Waals surface area contributed by atoms with E-state index in [0.29, 0.717) is 13.2 Å². The summed E-state index contributed by atoms with van der Waals surface area (Å²) in [5.41, 5.74) is 2.62. The van der Waals surface area contributed by atoms with Gasteiger partial charge >= 0.3 is 0 Å². The number of fused-ring (bicyclic) bond motifs is 1. The molecular weight excluding hydrogens is 360 g/mol. The first-order valence-electron chi connectivity index (χ1n) is 8.56. The van der Waals surface area contributed by atoms with Crippen LogP contribution in [-0.2, 0) is 24.4 Å². The molecule has 4 rings (SSSR count). The third-order valence-corrected chi connectivity index (χ3v) is 4.76. The molecule has 0 unspecified atom stereocenters. The number of aromatic nitrogens is 3. The molecule has 0 saturated carbocycles. The van der Waals surface area contributed by atoms with E-state index in [-0.39, 0.29) is 12.3 Å². The third-order valence-electron chi connectivity index (χ3n) is 3.99. The molecule has 3 aromatic heterocycles. The predicted octanol–water partition coefficient (Wildman–Crippen LogP) is 3.23. The van der Waals surface area contributed by atoms with Crippen molar-refractivity contribution in [1.29, 1.82) is 0 Å². The molecule has 1 aromatic carbocycles. The summed E-state index contributed by atoms with van der Waals surface area (Å²) in [6.45, 7) is 0.857. The number of hydrogen-bond donors (Lipinski definition) is 1. The lowest BCUT2D eigenvalue weighted by atomic mass is 10.2. The van der Waals surface area contributed by atoms with Crippen molar-refractivity contribution in [1.82, 2.24) is 19.7 Å². The summed E-state index contributed by atoms with van der Waals surface area (Å²) in [4.78, 5) is 21.8. The fraction of sp³-hybridized carbons (Fsp3) is 0.150. The molecule has 3 heterocycles. The van der Waals surface area contributed by atoms with E-state index in [1.165, 1.54) is 0 Å². The maximum absolute atomic E-state index is 12.2.